The SMILES string of the molecule is O=C[C@@H]1C2CCC(CC2)[C@H]1C=O. The fraction of sp³-hybridized carbons (Fsp3) is 0.800. The molecular formula is C10H14O2. The third-order valence-electron chi connectivity index (χ3n) is 3.66. The molecule has 0 spiro atoms. The van der Waals surface area contributed by atoms with Crippen LogP contribution in [-0.2, 0) is 9.59 Å². The Labute approximate surface area is 72.3 Å². The van der Waals surface area contributed by atoms with Gasteiger partial charge in [0.2, 0.25) is 0 Å². The van der Waals surface area contributed by atoms with E-state index in [0.717, 1.165) is 12.6 Å². The molecule has 3 aliphatic rings. The van der Waals surface area contributed by atoms with E-state index in [9.17, 15) is 9.59 Å². The monoisotopic (exact) mass is 166 g/mol. The van der Waals surface area contributed by atoms with E-state index in [0.29, 0.717) is 11.8 Å². The highest BCUT2D eigenvalue weighted by Gasteiger charge is 2.43. The van der Waals surface area contributed by atoms with E-state index in [4.69, 9.17) is 0 Å². The Bertz CT molecular complexity index is 170. The molecule has 0 aromatic carbocycles. The van der Waals surface area contributed by atoms with Crippen LogP contribution in [0, 0.1) is 23.7 Å². The van der Waals surface area contributed by atoms with Gasteiger partial charge in [-0.05, 0) is 37.5 Å². The highest BCUT2D eigenvalue weighted by Crippen LogP contribution is 2.47. The summed E-state index contributed by atoms with van der Waals surface area (Å²) in [5.74, 6) is 1.13. The lowest BCUT2D eigenvalue weighted by molar-refractivity contribution is -0.129. The number of fused-ring (bicyclic) bond motifs is 3. The maximum absolute atomic E-state index is 10.8. The van der Waals surface area contributed by atoms with E-state index in [1.807, 2.05) is 0 Å². The summed E-state index contributed by atoms with van der Waals surface area (Å²) < 4.78 is 0. The highest BCUT2D eigenvalue weighted by atomic mass is 16.1. The second kappa shape index (κ2) is 3.00. The first kappa shape index (κ1) is 7.96. The van der Waals surface area contributed by atoms with Gasteiger partial charge in [0.15, 0.2) is 0 Å². The number of hydrogen-bond donors (Lipinski definition) is 0. The van der Waals surface area contributed by atoms with Gasteiger partial charge >= 0.3 is 0 Å². The zero-order valence-electron chi connectivity index (χ0n) is 7.11. The van der Waals surface area contributed by atoms with Gasteiger partial charge in [-0.15, -0.1) is 0 Å². The van der Waals surface area contributed by atoms with Crippen molar-refractivity contribution in [3.8, 4) is 0 Å². The number of rotatable bonds is 2. The Morgan fingerprint density at radius 1 is 0.750 bits per heavy atom. The van der Waals surface area contributed by atoms with Crippen molar-refractivity contribution < 1.29 is 9.59 Å². The van der Waals surface area contributed by atoms with E-state index in [-0.39, 0.29) is 11.8 Å². The molecule has 2 atom stereocenters. The van der Waals surface area contributed by atoms with Crippen LogP contribution >= 0.6 is 0 Å². The molecule has 0 heterocycles. The molecule has 2 heteroatoms. The maximum Gasteiger partial charge on any atom is 0.124 e. The molecule has 2 nitrogen and oxygen atoms in total. The Kier molecular flexibility index (Phi) is 1.99. The maximum atomic E-state index is 10.8. The zero-order valence-corrected chi connectivity index (χ0v) is 7.11. The molecular weight excluding hydrogens is 152 g/mol. The van der Waals surface area contributed by atoms with Crippen molar-refractivity contribution in [1.82, 2.24) is 0 Å². The predicted octanol–water partition coefficient (Wildman–Crippen LogP) is 1.44. The normalized spacial score (nSPS) is 45.7. The molecule has 0 radical (unpaired) electrons. The second-order valence-electron chi connectivity index (χ2n) is 4.10. The van der Waals surface area contributed by atoms with Gasteiger partial charge in [-0.25, -0.2) is 0 Å². The van der Waals surface area contributed by atoms with E-state index < -0.39 is 0 Å². The van der Waals surface area contributed by atoms with Crippen LogP contribution < -0.4 is 0 Å². The van der Waals surface area contributed by atoms with Gasteiger partial charge in [-0.1, -0.05) is 0 Å². The molecule has 3 saturated carbocycles. The smallest absolute Gasteiger partial charge is 0.124 e. The largest absolute Gasteiger partial charge is 0.303 e. The van der Waals surface area contributed by atoms with E-state index >= 15 is 0 Å². The molecule has 0 amide bonds. The molecule has 0 unspecified atom stereocenters. The van der Waals surface area contributed by atoms with E-state index in [2.05, 4.69) is 0 Å². The molecule has 0 aromatic rings. The summed E-state index contributed by atoms with van der Waals surface area (Å²) >= 11 is 0. The van der Waals surface area contributed by atoms with Crippen molar-refractivity contribution in [2.45, 2.75) is 25.7 Å². The fourth-order valence-electron chi connectivity index (χ4n) is 2.95. The summed E-state index contributed by atoms with van der Waals surface area (Å²) in [6, 6.07) is 0. The average molecular weight is 166 g/mol. The van der Waals surface area contributed by atoms with Gasteiger partial charge in [0.1, 0.15) is 12.6 Å². The van der Waals surface area contributed by atoms with Gasteiger partial charge in [-0.2, -0.15) is 0 Å². The van der Waals surface area contributed by atoms with Crippen molar-refractivity contribution in [2.24, 2.45) is 23.7 Å². The molecule has 0 aliphatic heterocycles. The number of carbonyl (C=O) groups excluding carboxylic acids is 2. The minimum Gasteiger partial charge on any atom is -0.303 e. The molecule has 12 heavy (non-hydrogen) atoms. The first-order valence-electron chi connectivity index (χ1n) is 4.77. The average Bonchev–Trinajstić information content (AvgIpc) is 2.18. The molecule has 66 valence electrons. The fourth-order valence-corrected chi connectivity index (χ4v) is 2.95. The standard InChI is InChI=1S/C10H14O2/c11-5-9-7-1-2-8(4-3-7)10(9)6-12/h5-10H,1-4H2/t7?,8?,9-,10-/m1/s1. The van der Waals surface area contributed by atoms with E-state index in [1.165, 1.54) is 25.7 Å². The van der Waals surface area contributed by atoms with Crippen LogP contribution in [0.2, 0.25) is 0 Å². The molecule has 3 aliphatic carbocycles. The minimum atomic E-state index is 0.0509. The Hall–Kier alpha value is -0.660. The molecule has 0 N–H and O–H groups in total. The lowest BCUT2D eigenvalue weighted by Gasteiger charge is -2.44. The summed E-state index contributed by atoms with van der Waals surface area (Å²) in [6.45, 7) is 0. The lowest BCUT2D eigenvalue weighted by atomic mass is 9.59. The summed E-state index contributed by atoms with van der Waals surface area (Å²) in [6.07, 6.45) is 6.68. The molecule has 2 bridgehead atoms. The van der Waals surface area contributed by atoms with Crippen molar-refractivity contribution in [3.05, 3.63) is 0 Å². The third kappa shape index (κ3) is 1.01. The van der Waals surface area contributed by atoms with Crippen LogP contribution in [0.5, 0.6) is 0 Å². The molecule has 0 saturated heterocycles. The number of aldehydes is 2. The Morgan fingerprint density at radius 2 is 1.08 bits per heavy atom. The van der Waals surface area contributed by atoms with Crippen LogP contribution in [0.4, 0.5) is 0 Å². The van der Waals surface area contributed by atoms with Crippen LogP contribution in [-0.4, -0.2) is 12.6 Å². The molecule has 3 rings (SSSR count). The zero-order chi connectivity index (χ0) is 8.55. The Morgan fingerprint density at radius 3 is 1.33 bits per heavy atom. The Balaban J connectivity index is 2.20. The minimum absolute atomic E-state index is 0.0509. The topological polar surface area (TPSA) is 34.1 Å². The van der Waals surface area contributed by atoms with Crippen molar-refractivity contribution >= 4 is 12.6 Å². The van der Waals surface area contributed by atoms with Crippen LogP contribution in [0.15, 0.2) is 0 Å². The first-order valence-corrected chi connectivity index (χ1v) is 4.77. The van der Waals surface area contributed by atoms with Gasteiger partial charge in [0.05, 0.1) is 0 Å². The summed E-state index contributed by atoms with van der Waals surface area (Å²) in [5, 5.41) is 0. The van der Waals surface area contributed by atoms with Crippen molar-refractivity contribution in [1.29, 1.82) is 0 Å². The summed E-state index contributed by atoms with van der Waals surface area (Å²) in [7, 11) is 0. The third-order valence-corrected chi connectivity index (χ3v) is 3.66. The number of carbonyl (C=O) groups is 2. The first-order chi connectivity index (χ1) is 5.86. The predicted molar refractivity (Wildman–Crippen MR) is 44.6 cm³/mol. The van der Waals surface area contributed by atoms with Crippen molar-refractivity contribution in [3.63, 3.8) is 0 Å². The van der Waals surface area contributed by atoms with Crippen molar-refractivity contribution in [2.75, 3.05) is 0 Å². The molecule has 0 aromatic heterocycles. The van der Waals surface area contributed by atoms with E-state index in [1.54, 1.807) is 0 Å². The van der Waals surface area contributed by atoms with Crippen LogP contribution in [0.3, 0.4) is 0 Å². The summed E-state index contributed by atoms with van der Waals surface area (Å²) in [4.78, 5) is 21.5. The van der Waals surface area contributed by atoms with Gasteiger partial charge in [-0.3, -0.25) is 0 Å². The van der Waals surface area contributed by atoms with Crippen LogP contribution in [0.25, 0.3) is 0 Å². The summed E-state index contributed by atoms with van der Waals surface area (Å²) in [5.41, 5.74) is 0. The van der Waals surface area contributed by atoms with Gasteiger partial charge in [0.25, 0.3) is 0 Å². The van der Waals surface area contributed by atoms with Gasteiger partial charge in [0, 0.05) is 11.8 Å². The second-order valence-corrected chi connectivity index (χ2v) is 4.10. The molecule has 3 fully saturated rings. The van der Waals surface area contributed by atoms with Crippen LogP contribution in [0.1, 0.15) is 25.7 Å². The quantitative estimate of drug-likeness (QED) is 0.582. The lowest BCUT2D eigenvalue weighted by Crippen LogP contribution is -2.41. The van der Waals surface area contributed by atoms with Gasteiger partial charge < -0.3 is 9.59 Å². The highest BCUT2D eigenvalue weighted by molar-refractivity contribution is 5.66. The number of hydrogen-bond acceptors (Lipinski definition) is 2.